The summed E-state index contributed by atoms with van der Waals surface area (Å²) in [7, 11) is 0. The zero-order valence-corrected chi connectivity index (χ0v) is 58.6. The molecule has 102 heavy (non-hydrogen) atoms. The lowest BCUT2D eigenvalue weighted by Gasteiger charge is -2.46. The van der Waals surface area contributed by atoms with Gasteiger partial charge in [0.15, 0.2) is 37.0 Å². The summed E-state index contributed by atoms with van der Waals surface area (Å²) in [6.07, 6.45) is -19.0. The molecular formula is C61H93N11O30. The van der Waals surface area contributed by atoms with Crippen molar-refractivity contribution < 1.29 is 144 Å². The van der Waals surface area contributed by atoms with Crippen LogP contribution in [-0.4, -0.2) is 271 Å². The van der Waals surface area contributed by atoms with Crippen LogP contribution in [0.3, 0.4) is 0 Å². The van der Waals surface area contributed by atoms with Gasteiger partial charge in [-0.15, -0.1) is 0 Å². The highest BCUT2D eigenvalue weighted by Crippen LogP contribution is 2.31. The molecule has 0 spiro atoms. The van der Waals surface area contributed by atoms with Gasteiger partial charge in [-0.3, -0.25) is 86.3 Å². The van der Waals surface area contributed by atoms with E-state index in [-0.39, 0.29) is 25.8 Å². The third-order valence-corrected chi connectivity index (χ3v) is 15.2. The average molecular weight is 1460 g/mol. The van der Waals surface area contributed by atoms with Crippen molar-refractivity contribution in [2.24, 2.45) is 11.7 Å². The monoisotopic (exact) mass is 1460 g/mol. The first-order valence-electron chi connectivity index (χ1n) is 32.2. The Balaban J connectivity index is 2.39. The van der Waals surface area contributed by atoms with Gasteiger partial charge in [0.05, 0.1) is 31.9 Å². The molecule has 3 rings (SSSR count). The van der Waals surface area contributed by atoms with Gasteiger partial charge in [0.1, 0.15) is 73.8 Å². The van der Waals surface area contributed by atoms with E-state index in [0.29, 0.717) is 0 Å². The molecule has 3 fully saturated rings. The number of carbonyl (C=O) groups excluding carboxylic acids is 17. The molecule has 572 valence electrons. The van der Waals surface area contributed by atoms with Crippen LogP contribution in [0.2, 0.25) is 0 Å². The second-order valence-electron chi connectivity index (χ2n) is 24.4. The highest BCUT2D eigenvalue weighted by molar-refractivity contribution is 5.98. The van der Waals surface area contributed by atoms with Crippen molar-refractivity contribution in [3.63, 3.8) is 0 Å². The predicted molar refractivity (Wildman–Crippen MR) is 338 cm³/mol. The number of aliphatic hydroxyl groups excluding tert-OH is 1. The number of hydrogen-bond donors (Lipinski definition) is 12. The Morgan fingerprint density at radius 1 is 0.510 bits per heavy atom. The lowest BCUT2D eigenvalue weighted by Crippen LogP contribution is -2.68. The number of carboxylic acid groups (broad SMARTS) is 1. The van der Waals surface area contributed by atoms with E-state index in [1.807, 2.05) is 0 Å². The first-order valence-corrected chi connectivity index (χ1v) is 32.2. The summed E-state index contributed by atoms with van der Waals surface area (Å²) in [6, 6.07) is -14.4. The van der Waals surface area contributed by atoms with Crippen LogP contribution in [0.25, 0.3) is 0 Å². The highest BCUT2D eigenvalue weighted by Gasteiger charge is 2.55. The molecule has 3 aliphatic rings. The summed E-state index contributed by atoms with van der Waals surface area (Å²) in [5.41, 5.74) is 5.21. The van der Waals surface area contributed by atoms with E-state index in [0.717, 1.165) is 81.1 Å². The van der Waals surface area contributed by atoms with Crippen LogP contribution >= 0.6 is 0 Å². The number of nitrogens with one attached hydrogen (secondary N) is 9. The number of amides is 11. The number of hydrogen-bond acceptors (Lipinski definition) is 29. The molecule has 0 aromatic heterocycles. The van der Waals surface area contributed by atoms with Crippen LogP contribution in [0.4, 0.5) is 0 Å². The van der Waals surface area contributed by atoms with E-state index in [1.54, 1.807) is 13.8 Å². The number of rotatable bonds is 37. The van der Waals surface area contributed by atoms with Crippen molar-refractivity contribution in [2.45, 2.75) is 232 Å². The Hall–Kier alpha value is -9.74. The number of nitrogens with two attached hydrogens (primary N) is 1. The van der Waals surface area contributed by atoms with E-state index in [9.17, 15) is 86.9 Å². The maximum absolute atomic E-state index is 15.6. The largest absolute Gasteiger partial charge is 0.481 e. The van der Waals surface area contributed by atoms with Crippen LogP contribution in [0.5, 0.6) is 0 Å². The molecule has 0 aromatic rings. The number of primary amides is 1. The van der Waals surface area contributed by atoms with Gasteiger partial charge in [-0.2, -0.15) is 0 Å². The zero-order chi connectivity index (χ0) is 77.2. The van der Waals surface area contributed by atoms with Crippen LogP contribution in [0.15, 0.2) is 0 Å². The van der Waals surface area contributed by atoms with Crippen molar-refractivity contribution in [2.75, 3.05) is 39.5 Å². The Bertz CT molecular complexity index is 3080. The van der Waals surface area contributed by atoms with E-state index >= 15 is 9.59 Å². The zero-order valence-electron chi connectivity index (χ0n) is 58.6. The lowest BCUT2D eigenvalue weighted by molar-refractivity contribution is -0.288. The quantitative estimate of drug-likeness (QED) is 0.0203. The van der Waals surface area contributed by atoms with Gasteiger partial charge in [0.2, 0.25) is 65.0 Å². The molecular weight excluding hydrogens is 1370 g/mol. The minimum atomic E-state index is -2.33. The average Bonchev–Trinajstić information content (AvgIpc) is 0.943. The van der Waals surface area contributed by atoms with E-state index < -0.39 is 268 Å². The SMILES string of the molecule is CC(=O)N[C@H]1[C@@H](O[C@H](C)[C@H](NC(=O)[C@H](CO)NC(=O)[C@H](CC(C)C)NC(=O)[C@H](CCC(=O)O)NC(C)=O)C(=O)N[C@H](C(=O)NCC(=O)N2CCC[C@H]2C(=O)NCC(N)=O)[C@@H](C)O[C@H]2O[C@H](COC(C)=O)[C@H](OC(C)=O)[C@H](OC(C)=O)[C@H]2NC(C)=O)O[C@H](COC(C)=O)[C@H](OC(C)=O)[C@@H]1OC(C)=O. The molecule has 0 bridgehead atoms. The number of ether oxygens (including phenoxy) is 10. The molecule has 41 heteroatoms. The third kappa shape index (κ3) is 28.4. The van der Waals surface area contributed by atoms with Crippen molar-refractivity contribution in [1.29, 1.82) is 0 Å². The van der Waals surface area contributed by atoms with E-state index in [4.69, 9.17) is 53.1 Å². The van der Waals surface area contributed by atoms with Crippen molar-refractivity contribution >= 4 is 107 Å². The Labute approximate surface area is 584 Å². The maximum atomic E-state index is 15.6. The number of aliphatic carboxylic acids is 1. The van der Waals surface area contributed by atoms with Gasteiger partial charge in [-0.25, -0.2) is 0 Å². The van der Waals surface area contributed by atoms with Gasteiger partial charge < -0.3 is 116 Å². The van der Waals surface area contributed by atoms with Gasteiger partial charge >= 0.3 is 41.8 Å². The minimum Gasteiger partial charge on any atom is -0.481 e. The molecule has 3 saturated heterocycles. The summed E-state index contributed by atoms with van der Waals surface area (Å²) in [4.78, 5) is 238. The summed E-state index contributed by atoms with van der Waals surface area (Å²) in [5, 5.41) is 41.4. The van der Waals surface area contributed by atoms with Crippen molar-refractivity contribution in [1.82, 2.24) is 52.8 Å². The van der Waals surface area contributed by atoms with Crippen molar-refractivity contribution in [3.05, 3.63) is 0 Å². The second-order valence-corrected chi connectivity index (χ2v) is 24.4. The Kier molecular flexibility index (Phi) is 35.0. The van der Waals surface area contributed by atoms with E-state index in [1.165, 1.54) is 0 Å². The van der Waals surface area contributed by atoms with Crippen LogP contribution in [-0.2, 0) is 134 Å². The molecule has 0 radical (unpaired) electrons. The molecule has 41 nitrogen and oxygen atoms in total. The minimum absolute atomic E-state index is 0.0434. The first-order chi connectivity index (χ1) is 47.6. The standard InChI is InChI=1S/C61H93N11O30/c1-25(2)19-38(68-54(87)37(65-28(5)74)16-17-45(85)86)55(88)69-39(22-73)56(89)70-47(27(4)96-61-49(67-30(7)76)53(100-36(13)82)51(98-34(11)80)42(102-61)24-94-32(9)78)59(92)71-46(58(91)64-21-44(84)72-18-14-15-40(72)57(90)63-20-43(62)83)26(3)95-60-48(66-29(6)75)52(99-35(12)81)50(97-33(10)79)41(101-60)23-93-31(8)77/h25-27,37-42,46-53,60-61,73H,14-24H2,1-13H3,(H2,62,83)(H,63,90)(H,64,91)(H,65,74)(H,66,75)(H,67,76)(H,68,87)(H,69,88)(H,70,89)(H,71,92)(H,85,86)/t26-,27-,37+,38+,39+,40+,41-,42-,46+,47+,48-,49-,50+,51+,52-,53-,60+,61+/m1/s1. The number of carbonyl (C=O) groups is 18. The third-order valence-electron chi connectivity index (χ3n) is 15.2. The molecule has 3 heterocycles. The summed E-state index contributed by atoms with van der Waals surface area (Å²) >= 11 is 0. The molecule has 0 aliphatic carbocycles. The fourth-order valence-electron chi connectivity index (χ4n) is 10.9. The van der Waals surface area contributed by atoms with Gasteiger partial charge in [0.25, 0.3) is 0 Å². The molecule has 0 saturated carbocycles. The Morgan fingerprint density at radius 2 is 0.941 bits per heavy atom. The number of carboxylic acids is 1. The maximum Gasteiger partial charge on any atom is 0.303 e. The summed E-state index contributed by atoms with van der Waals surface area (Å²) in [6.45, 7) is 9.84. The van der Waals surface area contributed by atoms with Crippen LogP contribution in [0, 0.1) is 5.92 Å². The predicted octanol–water partition coefficient (Wildman–Crippen LogP) is -6.84. The number of likely N-dealkylation sites (tertiary alicyclic amines) is 1. The highest BCUT2D eigenvalue weighted by atomic mass is 16.7. The van der Waals surface area contributed by atoms with Gasteiger partial charge in [-0.05, 0) is 45.4 Å². The van der Waals surface area contributed by atoms with Crippen molar-refractivity contribution in [3.8, 4) is 0 Å². The van der Waals surface area contributed by atoms with Crippen LogP contribution < -0.4 is 53.6 Å². The van der Waals surface area contributed by atoms with Gasteiger partial charge in [0, 0.05) is 75.3 Å². The second kappa shape index (κ2) is 41.2. The number of aliphatic hydroxyl groups is 1. The van der Waals surface area contributed by atoms with Crippen LogP contribution in [0.1, 0.15) is 122 Å². The molecule has 0 unspecified atom stereocenters. The Morgan fingerprint density at radius 3 is 1.35 bits per heavy atom. The molecule has 18 atom stereocenters. The lowest BCUT2D eigenvalue weighted by atomic mass is 9.95. The number of nitrogens with zero attached hydrogens (tertiary/aromatic N) is 1. The fourth-order valence-corrected chi connectivity index (χ4v) is 10.9. The first kappa shape index (κ1) is 86.5. The smallest absolute Gasteiger partial charge is 0.303 e. The normalized spacial score (nSPS) is 23.5. The molecule has 13 N–H and O–H groups in total. The number of esters is 6. The summed E-state index contributed by atoms with van der Waals surface area (Å²) < 4.78 is 57.5. The summed E-state index contributed by atoms with van der Waals surface area (Å²) in [5.74, 6) is -19.2. The van der Waals surface area contributed by atoms with E-state index in [2.05, 4.69) is 47.9 Å². The fraction of sp³-hybridized carbons (Fsp3) is 0.705. The van der Waals surface area contributed by atoms with Gasteiger partial charge in [-0.1, -0.05) is 13.8 Å². The molecule has 0 aromatic carbocycles. The molecule has 3 aliphatic heterocycles. The molecule has 11 amide bonds. The topological polar surface area (TPSA) is 578 Å².